The molecule has 1 aromatic carbocycles. The fraction of sp³-hybridized carbons (Fsp3) is 0.500. The second kappa shape index (κ2) is 3.47. The Bertz CT molecular complexity index is 382. The van der Waals surface area contributed by atoms with Gasteiger partial charge in [-0.25, -0.2) is 0 Å². The summed E-state index contributed by atoms with van der Waals surface area (Å²) in [6.07, 6.45) is 0.985. The molecule has 15 heavy (non-hydrogen) atoms. The molecule has 82 valence electrons. The SMILES string of the molecule is CC1(C)CC1(CO)c1c(Cl)cccc1Br. The maximum atomic E-state index is 9.62. The number of aliphatic hydroxyl groups is 1. The van der Waals surface area contributed by atoms with Crippen LogP contribution in [-0.4, -0.2) is 11.7 Å². The monoisotopic (exact) mass is 288 g/mol. The Hall–Kier alpha value is -0.0500. The van der Waals surface area contributed by atoms with Crippen molar-refractivity contribution in [3.05, 3.63) is 33.3 Å². The number of benzene rings is 1. The van der Waals surface area contributed by atoms with Gasteiger partial charge in [0.25, 0.3) is 0 Å². The van der Waals surface area contributed by atoms with Crippen LogP contribution < -0.4 is 0 Å². The van der Waals surface area contributed by atoms with Gasteiger partial charge in [-0.2, -0.15) is 0 Å². The Balaban J connectivity index is 2.55. The van der Waals surface area contributed by atoms with E-state index in [-0.39, 0.29) is 17.4 Å². The Morgan fingerprint density at radius 1 is 1.47 bits per heavy atom. The van der Waals surface area contributed by atoms with Crippen LogP contribution in [0.25, 0.3) is 0 Å². The van der Waals surface area contributed by atoms with Crippen molar-refractivity contribution in [3.63, 3.8) is 0 Å². The van der Waals surface area contributed by atoms with Gasteiger partial charge in [-0.15, -0.1) is 0 Å². The predicted octanol–water partition coefficient (Wildman–Crippen LogP) is 3.76. The Kier molecular flexibility index (Phi) is 2.65. The fourth-order valence-electron chi connectivity index (χ4n) is 2.44. The lowest BCUT2D eigenvalue weighted by molar-refractivity contribution is 0.231. The molecule has 0 saturated heterocycles. The summed E-state index contributed by atoms with van der Waals surface area (Å²) < 4.78 is 0.995. The average Bonchev–Trinajstić information content (AvgIpc) is 2.69. The average molecular weight is 290 g/mol. The first kappa shape index (κ1) is 11.4. The molecule has 0 bridgehead atoms. The normalized spacial score (nSPS) is 27.8. The molecule has 1 nitrogen and oxygen atoms in total. The van der Waals surface area contributed by atoms with E-state index in [9.17, 15) is 5.11 Å². The maximum absolute atomic E-state index is 9.62. The molecular formula is C12H14BrClO. The van der Waals surface area contributed by atoms with Crippen molar-refractivity contribution in [2.24, 2.45) is 5.41 Å². The van der Waals surface area contributed by atoms with Crippen LogP contribution in [-0.2, 0) is 5.41 Å². The largest absolute Gasteiger partial charge is 0.395 e. The molecule has 1 atom stereocenters. The minimum absolute atomic E-state index is 0.134. The van der Waals surface area contributed by atoms with Gasteiger partial charge in [0.1, 0.15) is 0 Å². The zero-order chi connectivity index (χ0) is 11.3. The van der Waals surface area contributed by atoms with Crippen LogP contribution in [0, 0.1) is 5.41 Å². The third-order valence-electron chi connectivity index (χ3n) is 3.63. The molecule has 1 aliphatic carbocycles. The van der Waals surface area contributed by atoms with Crippen LogP contribution >= 0.6 is 27.5 Å². The van der Waals surface area contributed by atoms with Crippen molar-refractivity contribution in [1.29, 1.82) is 0 Å². The molecule has 0 aliphatic heterocycles. The van der Waals surface area contributed by atoms with E-state index in [1.54, 1.807) is 0 Å². The number of hydrogen-bond acceptors (Lipinski definition) is 1. The van der Waals surface area contributed by atoms with Crippen LogP contribution in [0.4, 0.5) is 0 Å². The highest BCUT2D eigenvalue weighted by Crippen LogP contribution is 2.66. The quantitative estimate of drug-likeness (QED) is 0.879. The molecule has 0 aromatic heterocycles. The van der Waals surface area contributed by atoms with Crippen LogP contribution in [0.15, 0.2) is 22.7 Å². The van der Waals surface area contributed by atoms with Crippen molar-refractivity contribution in [2.45, 2.75) is 25.7 Å². The summed E-state index contributed by atoms with van der Waals surface area (Å²) >= 11 is 9.74. The number of rotatable bonds is 2. The van der Waals surface area contributed by atoms with Gasteiger partial charge in [0.15, 0.2) is 0 Å². The summed E-state index contributed by atoms with van der Waals surface area (Å²) in [6.45, 7) is 4.49. The minimum atomic E-state index is -0.163. The summed E-state index contributed by atoms with van der Waals surface area (Å²) in [6, 6.07) is 5.77. The van der Waals surface area contributed by atoms with Gasteiger partial charge in [-0.3, -0.25) is 0 Å². The lowest BCUT2D eigenvalue weighted by Gasteiger charge is -2.21. The van der Waals surface area contributed by atoms with Gasteiger partial charge in [0.05, 0.1) is 6.61 Å². The Labute approximate surface area is 104 Å². The maximum Gasteiger partial charge on any atom is 0.0534 e. The number of halogens is 2. The van der Waals surface area contributed by atoms with E-state index in [1.807, 2.05) is 18.2 Å². The van der Waals surface area contributed by atoms with Gasteiger partial charge >= 0.3 is 0 Å². The highest BCUT2D eigenvalue weighted by atomic mass is 79.9. The molecule has 0 amide bonds. The van der Waals surface area contributed by atoms with E-state index in [1.165, 1.54) is 0 Å². The summed E-state index contributed by atoms with van der Waals surface area (Å²) in [4.78, 5) is 0. The second-order valence-corrected chi connectivity index (χ2v) is 6.16. The van der Waals surface area contributed by atoms with Crippen LogP contribution in [0.3, 0.4) is 0 Å². The van der Waals surface area contributed by atoms with E-state index in [4.69, 9.17) is 11.6 Å². The molecule has 1 unspecified atom stereocenters. The zero-order valence-corrected chi connectivity index (χ0v) is 11.2. The highest BCUT2D eigenvalue weighted by Gasteiger charge is 2.62. The van der Waals surface area contributed by atoms with Gasteiger partial charge in [-0.05, 0) is 29.5 Å². The fourth-order valence-corrected chi connectivity index (χ4v) is 3.66. The van der Waals surface area contributed by atoms with E-state index < -0.39 is 0 Å². The van der Waals surface area contributed by atoms with Crippen LogP contribution in [0.5, 0.6) is 0 Å². The van der Waals surface area contributed by atoms with Crippen molar-refractivity contribution < 1.29 is 5.11 Å². The molecule has 2 rings (SSSR count). The van der Waals surface area contributed by atoms with Crippen molar-refractivity contribution in [2.75, 3.05) is 6.61 Å². The summed E-state index contributed by atoms with van der Waals surface area (Å²) in [5.74, 6) is 0. The van der Waals surface area contributed by atoms with Crippen molar-refractivity contribution in [3.8, 4) is 0 Å². The molecule has 1 aliphatic rings. The zero-order valence-electron chi connectivity index (χ0n) is 8.85. The lowest BCUT2D eigenvalue weighted by Crippen LogP contribution is -2.20. The smallest absolute Gasteiger partial charge is 0.0534 e. The number of hydrogen-bond donors (Lipinski definition) is 1. The molecule has 0 radical (unpaired) electrons. The van der Waals surface area contributed by atoms with Crippen molar-refractivity contribution in [1.82, 2.24) is 0 Å². The Morgan fingerprint density at radius 2 is 2.07 bits per heavy atom. The molecular weight excluding hydrogens is 275 g/mol. The molecule has 0 heterocycles. The van der Waals surface area contributed by atoms with E-state index in [0.29, 0.717) is 0 Å². The molecule has 1 saturated carbocycles. The molecule has 0 spiro atoms. The predicted molar refractivity (Wildman–Crippen MR) is 66.3 cm³/mol. The first-order valence-electron chi connectivity index (χ1n) is 5.00. The molecule has 3 heteroatoms. The second-order valence-electron chi connectivity index (χ2n) is 4.90. The minimum Gasteiger partial charge on any atom is -0.395 e. The molecule has 1 N–H and O–H groups in total. The van der Waals surface area contributed by atoms with Gasteiger partial charge < -0.3 is 5.11 Å². The van der Waals surface area contributed by atoms with E-state index in [2.05, 4.69) is 29.8 Å². The Morgan fingerprint density at radius 3 is 2.47 bits per heavy atom. The van der Waals surface area contributed by atoms with Gasteiger partial charge in [-0.1, -0.05) is 47.4 Å². The third kappa shape index (κ3) is 1.54. The molecule has 1 fully saturated rings. The van der Waals surface area contributed by atoms with Gasteiger partial charge in [0.2, 0.25) is 0 Å². The highest BCUT2D eigenvalue weighted by molar-refractivity contribution is 9.10. The van der Waals surface area contributed by atoms with Gasteiger partial charge in [0, 0.05) is 14.9 Å². The topological polar surface area (TPSA) is 20.2 Å². The first-order valence-corrected chi connectivity index (χ1v) is 6.17. The number of aliphatic hydroxyl groups excluding tert-OH is 1. The summed E-state index contributed by atoms with van der Waals surface area (Å²) in [7, 11) is 0. The molecule has 1 aromatic rings. The van der Waals surface area contributed by atoms with Crippen LogP contribution in [0.2, 0.25) is 5.02 Å². The van der Waals surface area contributed by atoms with Crippen LogP contribution in [0.1, 0.15) is 25.8 Å². The third-order valence-corrected chi connectivity index (χ3v) is 4.60. The summed E-state index contributed by atoms with van der Waals surface area (Å²) in [5, 5.41) is 10.4. The van der Waals surface area contributed by atoms with E-state index >= 15 is 0 Å². The lowest BCUT2D eigenvalue weighted by atomic mass is 9.88. The first-order chi connectivity index (χ1) is 6.94. The summed E-state index contributed by atoms with van der Waals surface area (Å²) in [5.41, 5.74) is 1.03. The van der Waals surface area contributed by atoms with Crippen molar-refractivity contribution >= 4 is 27.5 Å². The van der Waals surface area contributed by atoms with E-state index in [0.717, 1.165) is 21.5 Å². The standard InChI is InChI=1S/C12H14BrClO/c1-11(2)6-12(11,7-15)10-8(13)4-3-5-9(10)14/h3-5,15H,6-7H2,1-2H3.